The zero-order valence-electron chi connectivity index (χ0n) is 20.3. The molecule has 0 unspecified atom stereocenters. The highest BCUT2D eigenvalue weighted by molar-refractivity contribution is 6.32. The number of hydrogen-bond acceptors (Lipinski definition) is 7. The number of aryl methyl sites for hydroxylation is 1. The van der Waals surface area contributed by atoms with Gasteiger partial charge >= 0.3 is 6.09 Å². The van der Waals surface area contributed by atoms with E-state index in [4.69, 9.17) is 31.6 Å². The molecule has 1 N–H and O–H groups in total. The van der Waals surface area contributed by atoms with Crippen LogP contribution in [-0.2, 0) is 17.9 Å². The molecule has 0 saturated heterocycles. The third-order valence-electron chi connectivity index (χ3n) is 5.06. The second-order valence-corrected chi connectivity index (χ2v) is 8.96. The predicted octanol–water partition coefficient (Wildman–Crippen LogP) is 4.81. The van der Waals surface area contributed by atoms with Crippen molar-refractivity contribution in [1.29, 1.82) is 10.5 Å². The second-order valence-electron chi connectivity index (χ2n) is 8.56. The van der Waals surface area contributed by atoms with E-state index in [1.807, 2.05) is 26.0 Å². The van der Waals surface area contributed by atoms with Crippen LogP contribution in [0.15, 0.2) is 41.2 Å². The molecule has 0 saturated carbocycles. The molecule has 9 nitrogen and oxygen atoms in total. The Balaban J connectivity index is 1.85. The number of carbonyl (C=O) groups is 1. The van der Waals surface area contributed by atoms with E-state index in [0.29, 0.717) is 17.8 Å². The topological polar surface area (TPSA) is 130 Å². The molecule has 0 radical (unpaired) electrons. The smallest absolute Gasteiger partial charge is 0.408 e. The van der Waals surface area contributed by atoms with E-state index in [1.165, 1.54) is 36.4 Å². The lowest BCUT2D eigenvalue weighted by molar-refractivity contribution is 0.104. The highest BCUT2D eigenvalue weighted by Crippen LogP contribution is 2.35. The highest BCUT2D eigenvalue weighted by atomic mass is 35.5. The third kappa shape index (κ3) is 7.06. The third-order valence-corrected chi connectivity index (χ3v) is 5.36. The Morgan fingerprint density at radius 2 is 1.86 bits per heavy atom. The normalized spacial score (nSPS) is 10.5. The average molecular weight is 524 g/mol. The first-order valence-corrected chi connectivity index (χ1v) is 11.6. The Bertz CT molecular complexity index is 1440. The lowest BCUT2D eigenvalue weighted by atomic mass is 10.1. The summed E-state index contributed by atoms with van der Waals surface area (Å²) in [5, 5.41) is 25.1. The summed E-state index contributed by atoms with van der Waals surface area (Å²) in [4.78, 5) is 24.3. The monoisotopic (exact) mass is 523 g/mol. The molecule has 3 aromatic rings. The van der Waals surface area contributed by atoms with E-state index in [9.17, 15) is 9.59 Å². The Morgan fingerprint density at radius 3 is 2.49 bits per heavy atom. The molecular weight excluding hydrogens is 501 g/mol. The number of rotatable bonds is 8. The Labute approximate surface area is 217 Å². The minimum Gasteiger partial charge on any atom is -0.453 e. The molecule has 1 aromatic heterocycles. The van der Waals surface area contributed by atoms with Crippen LogP contribution in [-0.4, -0.2) is 22.4 Å². The van der Waals surface area contributed by atoms with Gasteiger partial charge in [-0.1, -0.05) is 31.5 Å². The van der Waals surface area contributed by atoms with E-state index < -0.39 is 24.2 Å². The van der Waals surface area contributed by atoms with Gasteiger partial charge in [-0.2, -0.15) is 20.3 Å². The van der Waals surface area contributed by atoms with Crippen molar-refractivity contribution in [2.45, 2.75) is 33.9 Å². The molecule has 0 spiro atoms. The van der Waals surface area contributed by atoms with Gasteiger partial charge < -0.3 is 14.8 Å². The number of nitrogens with zero attached hydrogens (tertiary/aromatic N) is 4. The Kier molecular flexibility index (Phi) is 8.83. The molecule has 1 heterocycles. The highest BCUT2D eigenvalue weighted by Gasteiger charge is 2.18. The first-order chi connectivity index (χ1) is 17.6. The van der Waals surface area contributed by atoms with E-state index >= 15 is 4.39 Å². The fourth-order valence-corrected chi connectivity index (χ4v) is 3.46. The molecule has 37 heavy (non-hydrogen) atoms. The molecule has 0 aliphatic heterocycles. The summed E-state index contributed by atoms with van der Waals surface area (Å²) < 4.78 is 27.1. The van der Waals surface area contributed by atoms with Crippen LogP contribution in [0.4, 0.5) is 9.18 Å². The molecule has 190 valence electrons. The molecule has 0 bridgehead atoms. The van der Waals surface area contributed by atoms with Gasteiger partial charge in [0.1, 0.15) is 5.75 Å². The summed E-state index contributed by atoms with van der Waals surface area (Å²) in [5.41, 5.74) is 0.733. The average Bonchev–Trinajstić information content (AvgIpc) is 2.87. The zero-order chi connectivity index (χ0) is 27.1. The fourth-order valence-electron chi connectivity index (χ4n) is 3.28. The van der Waals surface area contributed by atoms with Crippen LogP contribution in [0.1, 0.15) is 41.8 Å². The maximum atomic E-state index is 15.4. The van der Waals surface area contributed by atoms with Crippen LogP contribution in [0.2, 0.25) is 5.02 Å². The lowest BCUT2D eigenvalue weighted by Crippen LogP contribution is -2.32. The number of hydrogen-bond donors (Lipinski definition) is 1. The number of nitriles is 2. The maximum absolute atomic E-state index is 15.4. The van der Waals surface area contributed by atoms with E-state index in [0.717, 1.165) is 4.68 Å². The van der Waals surface area contributed by atoms with Gasteiger partial charge in [0.05, 0.1) is 34.0 Å². The van der Waals surface area contributed by atoms with Crippen molar-refractivity contribution in [3.63, 3.8) is 0 Å². The number of ether oxygens (including phenoxy) is 2. The van der Waals surface area contributed by atoms with Crippen LogP contribution in [0.3, 0.4) is 0 Å². The van der Waals surface area contributed by atoms with Crippen molar-refractivity contribution in [1.82, 2.24) is 15.1 Å². The number of alkyl carbamates (subject to hydrolysis) is 1. The quantitative estimate of drug-likeness (QED) is 0.448. The van der Waals surface area contributed by atoms with Crippen molar-refractivity contribution in [2.75, 3.05) is 6.54 Å². The van der Waals surface area contributed by atoms with Crippen molar-refractivity contribution in [2.24, 2.45) is 5.92 Å². The predicted molar refractivity (Wildman–Crippen MR) is 133 cm³/mol. The van der Waals surface area contributed by atoms with Gasteiger partial charge in [0, 0.05) is 18.5 Å². The molecule has 11 heteroatoms. The van der Waals surface area contributed by atoms with Gasteiger partial charge in [-0.25, -0.2) is 9.18 Å². The molecule has 0 fully saturated rings. The number of nitrogens with one attached hydrogen (secondary N) is 1. The number of benzene rings is 2. The van der Waals surface area contributed by atoms with Crippen molar-refractivity contribution >= 4 is 17.7 Å². The van der Waals surface area contributed by atoms with Gasteiger partial charge in [0.2, 0.25) is 0 Å². The van der Waals surface area contributed by atoms with Crippen LogP contribution < -0.4 is 15.6 Å². The van der Waals surface area contributed by atoms with Gasteiger partial charge in [-0.05, 0) is 48.7 Å². The number of halogens is 2. The maximum Gasteiger partial charge on any atom is 0.408 e. The van der Waals surface area contributed by atoms with Crippen molar-refractivity contribution in [3.05, 3.63) is 85.5 Å². The minimum atomic E-state index is -0.769. The second kappa shape index (κ2) is 12.0. The lowest BCUT2D eigenvalue weighted by Gasteiger charge is -2.14. The van der Waals surface area contributed by atoms with E-state index in [2.05, 4.69) is 10.4 Å². The first kappa shape index (κ1) is 27.2. The summed E-state index contributed by atoms with van der Waals surface area (Å²) in [7, 11) is 0. The largest absolute Gasteiger partial charge is 0.453 e. The molecule has 2 aromatic carbocycles. The molecule has 0 aliphatic rings. The fraction of sp³-hybridized carbons (Fsp3) is 0.269. The molecule has 3 rings (SSSR count). The Hall–Kier alpha value is -4.41. The summed E-state index contributed by atoms with van der Waals surface area (Å²) >= 11 is 6.18. The summed E-state index contributed by atoms with van der Waals surface area (Å²) in [6.07, 6.45) is -0.710. The van der Waals surface area contributed by atoms with Crippen LogP contribution in [0, 0.1) is 41.3 Å². The summed E-state index contributed by atoms with van der Waals surface area (Å²) in [5.74, 6) is -0.752. The van der Waals surface area contributed by atoms with Gasteiger partial charge in [-0.15, -0.1) is 0 Å². The van der Waals surface area contributed by atoms with Gasteiger partial charge in [0.25, 0.3) is 5.56 Å². The standard InChI is InChI=1S/C26H23ClFN5O4/c1-15(2)13-31-26(35)36-14-33-25(34)16(3)6-20(32-33)10-19-4-5-22(27)24(23(19)28)37-21-8-17(11-29)7-18(9-21)12-30/h4-9,15H,10,13-14H2,1-3H3,(H,31,35). The first-order valence-electron chi connectivity index (χ1n) is 11.2. The van der Waals surface area contributed by atoms with E-state index in [-0.39, 0.29) is 45.6 Å². The molecule has 1 amide bonds. The van der Waals surface area contributed by atoms with Crippen molar-refractivity contribution in [3.8, 4) is 23.6 Å². The minimum absolute atomic E-state index is 0.0166. The molecular formula is C26H23ClFN5O4. The molecule has 0 aliphatic carbocycles. The van der Waals surface area contributed by atoms with Gasteiger partial charge in [0.15, 0.2) is 18.3 Å². The Morgan fingerprint density at radius 1 is 1.19 bits per heavy atom. The van der Waals surface area contributed by atoms with Crippen LogP contribution >= 0.6 is 11.6 Å². The van der Waals surface area contributed by atoms with Crippen LogP contribution in [0.5, 0.6) is 11.5 Å². The van der Waals surface area contributed by atoms with Crippen LogP contribution in [0.25, 0.3) is 0 Å². The summed E-state index contributed by atoms with van der Waals surface area (Å²) in [6, 6.07) is 12.4. The SMILES string of the molecule is Cc1cc(Cc2ccc(Cl)c(Oc3cc(C#N)cc(C#N)c3)c2F)nn(COC(=O)NCC(C)C)c1=O. The molecule has 0 atom stereocenters. The number of amides is 1. The summed E-state index contributed by atoms with van der Waals surface area (Å²) in [6.45, 7) is 5.44. The zero-order valence-corrected chi connectivity index (χ0v) is 21.1. The van der Waals surface area contributed by atoms with E-state index in [1.54, 1.807) is 6.92 Å². The van der Waals surface area contributed by atoms with Crippen molar-refractivity contribution < 1.29 is 18.7 Å². The number of aromatic nitrogens is 2. The number of carbonyl (C=O) groups excluding carboxylic acids is 1. The van der Waals surface area contributed by atoms with Gasteiger partial charge in [-0.3, -0.25) is 4.79 Å².